The number of carbonyl (C=O) groups excluding carboxylic acids is 3. The molecule has 1 saturated carbocycles. The summed E-state index contributed by atoms with van der Waals surface area (Å²) in [7, 11) is 0. The lowest BCUT2D eigenvalue weighted by molar-refractivity contribution is -0.145. The quantitative estimate of drug-likeness (QED) is 0.794. The van der Waals surface area contributed by atoms with Gasteiger partial charge in [-0.05, 0) is 24.7 Å². The lowest BCUT2D eigenvalue weighted by Crippen LogP contribution is -2.60. The summed E-state index contributed by atoms with van der Waals surface area (Å²) in [5.41, 5.74) is 0. The fourth-order valence-electron chi connectivity index (χ4n) is 3.02. The van der Waals surface area contributed by atoms with E-state index in [1.807, 2.05) is 13.8 Å². The van der Waals surface area contributed by atoms with Gasteiger partial charge in [0.05, 0.1) is 0 Å². The maximum absolute atomic E-state index is 12.3. The zero-order valence-electron chi connectivity index (χ0n) is 11.6. The Morgan fingerprint density at radius 1 is 1.16 bits per heavy atom. The van der Waals surface area contributed by atoms with E-state index in [0.717, 1.165) is 12.8 Å². The highest BCUT2D eigenvalue weighted by atomic mass is 16.2. The molecule has 0 spiro atoms. The number of hydrogen-bond acceptors (Lipinski definition) is 3. The first kappa shape index (κ1) is 14.0. The summed E-state index contributed by atoms with van der Waals surface area (Å²) in [5.74, 6) is -1.19. The topological polar surface area (TPSA) is 66.5 Å². The lowest BCUT2D eigenvalue weighted by Gasteiger charge is -2.34. The minimum absolute atomic E-state index is 0.0885. The molecule has 1 aliphatic heterocycles. The Bertz CT molecular complexity index is 386. The van der Waals surface area contributed by atoms with Crippen molar-refractivity contribution in [3.8, 4) is 0 Å². The van der Waals surface area contributed by atoms with Crippen molar-refractivity contribution in [2.24, 2.45) is 17.8 Å². The Balaban J connectivity index is 2.07. The number of nitrogens with one attached hydrogen (secondary N) is 1. The third kappa shape index (κ3) is 2.96. The molecule has 0 aromatic carbocycles. The molecule has 1 unspecified atom stereocenters. The first-order chi connectivity index (χ1) is 9.00. The smallest absolute Gasteiger partial charge is 0.277 e. The average Bonchev–Trinajstić information content (AvgIpc) is 2.35. The molecule has 2 rings (SSSR count). The number of imide groups is 2. The maximum Gasteiger partial charge on any atom is 0.330 e. The summed E-state index contributed by atoms with van der Waals surface area (Å²) in [4.78, 5) is 37.1. The number of urea groups is 1. The van der Waals surface area contributed by atoms with E-state index in [9.17, 15) is 14.4 Å². The molecule has 2 aliphatic rings. The van der Waals surface area contributed by atoms with Gasteiger partial charge in [-0.2, -0.15) is 0 Å². The van der Waals surface area contributed by atoms with E-state index in [1.54, 1.807) is 0 Å². The van der Waals surface area contributed by atoms with Crippen molar-refractivity contribution < 1.29 is 14.4 Å². The molecular weight excluding hydrogens is 244 g/mol. The molecular formula is C14H22N2O3. The number of amides is 4. The van der Waals surface area contributed by atoms with Gasteiger partial charge in [0.15, 0.2) is 0 Å². The lowest BCUT2D eigenvalue weighted by atomic mass is 9.87. The van der Waals surface area contributed by atoms with Crippen molar-refractivity contribution >= 4 is 17.8 Å². The first-order valence-corrected chi connectivity index (χ1v) is 7.17. The second-order valence-electron chi connectivity index (χ2n) is 5.97. The van der Waals surface area contributed by atoms with E-state index in [2.05, 4.69) is 5.32 Å². The third-order valence-corrected chi connectivity index (χ3v) is 4.12. The van der Waals surface area contributed by atoms with Crippen LogP contribution < -0.4 is 5.32 Å². The monoisotopic (exact) mass is 266 g/mol. The number of hydrogen-bond donors (Lipinski definition) is 1. The van der Waals surface area contributed by atoms with Crippen LogP contribution >= 0.6 is 0 Å². The van der Waals surface area contributed by atoms with Gasteiger partial charge >= 0.3 is 6.03 Å². The normalized spacial score (nSPS) is 25.9. The summed E-state index contributed by atoms with van der Waals surface area (Å²) in [5, 5.41) is 2.31. The molecule has 0 aromatic heterocycles. The first-order valence-electron chi connectivity index (χ1n) is 7.17. The van der Waals surface area contributed by atoms with Crippen molar-refractivity contribution in [2.75, 3.05) is 6.54 Å². The zero-order valence-corrected chi connectivity index (χ0v) is 11.6. The Kier molecular flexibility index (Phi) is 4.22. The van der Waals surface area contributed by atoms with Crippen molar-refractivity contribution in [3.63, 3.8) is 0 Å². The highest BCUT2D eigenvalue weighted by molar-refractivity contribution is 6.16. The fourth-order valence-corrected chi connectivity index (χ4v) is 3.02. The highest BCUT2D eigenvalue weighted by Crippen LogP contribution is 2.26. The average molecular weight is 266 g/mol. The van der Waals surface area contributed by atoms with Gasteiger partial charge in [-0.1, -0.05) is 33.1 Å². The van der Waals surface area contributed by atoms with Gasteiger partial charge in [0.25, 0.3) is 0 Å². The Labute approximate surface area is 113 Å². The van der Waals surface area contributed by atoms with E-state index in [1.165, 1.54) is 24.2 Å². The van der Waals surface area contributed by atoms with Crippen LogP contribution in [0.1, 0.15) is 46.0 Å². The van der Waals surface area contributed by atoms with E-state index in [4.69, 9.17) is 0 Å². The van der Waals surface area contributed by atoms with E-state index >= 15 is 0 Å². The molecule has 0 bridgehead atoms. The van der Waals surface area contributed by atoms with Gasteiger partial charge in [-0.3, -0.25) is 19.8 Å². The van der Waals surface area contributed by atoms with E-state index < -0.39 is 17.9 Å². The van der Waals surface area contributed by atoms with Crippen LogP contribution in [0.5, 0.6) is 0 Å². The zero-order chi connectivity index (χ0) is 14.0. The van der Waals surface area contributed by atoms with Crippen molar-refractivity contribution in [1.82, 2.24) is 10.2 Å². The number of barbiturate groups is 1. The fraction of sp³-hybridized carbons (Fsp3) is 0.786. The molecule has 0 radical (unpaired) electrons. The van der Waals surface area contributed by atoms with Gasteiger partial charge in [0, 0.05) is 6.54 Å². The number of nitrogens with zero attached hydrogens (tertiary/aromatic N) is 1. The highest BCUT2D eigenvalue weighted by Gasteiger charge is 2.42. The summed E-state index contributed by atoms with van der Waals surface area (Å²) in [6, 6.07) is -0.544. The van der Waals surface area contributed by atoms with Crippen molar-refractivity contribution in [1.29, 1.82) is 0 Å². The summed E-state index contributed by atoms with van der Waals surface area (Å²) >= 11 is 0. The van der Waals surface area contributed by atoms with Gasteiger partial charge < -0.3 is 0 Å². The van der Waals surface area contributed by atoms with Crippen LogP contribution in [0, 0.1) is 17.8 Å². The molecule has 4 amide bonds. The SMILES string of the molecule is CC(C)C1C(=O)NC(=O)N(CC2CCCCC2)C1=O. The Morgan fingerprint density at radius 3 is 2.37 bits per heavy atom. The van der Waals surface area contributed by atoms with Gasteiger partial charge in [-0.15, -0.1) is 0 Å². The number of rotatable bonds is 3. The molecule has 1 heterocycles. The van der Waals surface area contributed by atoms with Crippen LogP contribution in [-0.2, 0) is 9.59 Å². The molecule has 1 aliphatic carbocycles. The van der Waals surface area contributed by atoms with E-state index in [-0.39, 0.29) is 11.8 Å². The van der Waals surface area contributed by atoms with Crippen LogP contribution in [0.3, 0.4) is 0 Å². The summed E-state index contributed by atoms with van der Waals surface area (Å²) < 4.78 is 0. The molecule has 5 nitrogen and oxygen atoms in total. The minimum Gasteiger partial charge on any atom is -0.277 e. The molecule has 1 saturated heterocycles. The van der Waals surface area contributed by atoms with Crippen molar-refractivity contribution in [3.05, 3.63) is 0 Å². The van der Waals surface area contributed by atoms with Crippen LogP contribution in [-0.4, -0.2) is 29.3 Å². The molecule has 1 N–H and O–H groups in total. The molecule has 5 heteroatoms. The van der Waals surface area contributed by atoms with Gasteiger partial charge in [0.1, 0.15) is 5.92 Å². The number of carbonyl (C=O) groups is 3. The largest absolute Gasteiger partial charge is 0.330 e. The molecule has 1 atom stereocenters. The van der Waals surface area contributed by atoms with Crippen LogP contribution in [0.2, 0.25) is 0 Å². The van der Waals surface area contributed by atoms with E-state index in [0.29, 0.717) is 12.5 Å². The standard InChI is InChI=1S/C14H22N2O3/c1-9(2)11-12(17)15-14(19)16(13(11)18)8-10-6-4-3-5-7-10/h9-11H,3-8H2,1-2H3,(H,15,17,19). The summed E-state index contributed by atoms with van der Waals surface area (Å²) in [6.45, 7) is 4.12. The Morgan fingerprint density at radius 2 is 1.79 bits per heavy atom. The van der Waals surface area contributed by atoms with Crippen LogP contribution in [0.4, 0.5) is 4.79 Å². The minimum atomic E-state index is -0.721. The van der Waals surface area contributed by atoms with Crippen molar-refractivity contribution in [2.45, 2.75) is 46.0 Å². The maximum atomic E-state index is 12.3. The van der Waals surface area contributed by atoms with Crippen LogP contribution in [0.25, 0.3) is 0 Å². The summed E-state index contributed by atoms with van der Waals surface area (Å²) in [6.07, 6.45) is 5.71. The predicted molar refractivity (Wildman–Crippen MR) is 70.2 cm³/mol. The second-order valence-corrected chi connectivity index (χ2v) is 5.97. The predicted octanol–water partition coefficient (Wildman–Crippen LogP) is 1.92. The van der Waals surface area contributed by atoms with Gasteiger partial charge in [-0.25, -0.2) is 4.79 Å². The van der Waals surface area contributed by atoms with Crippen LogP contribution in [0.15, 0.2) is 0 Å². The molecule has 0 aromatic rings. The Hall–Kier alpha value is -1.39. The third-order valence-electron chi connectivity index (χ3n) is 4.12. The van der Waals surface area contributed by atoms with Gasteiger partial charge in [0.2, 0.25) is 11.8 Å². The molecule has 19 heavy (non-hydrogen) atoms. The second kappa shape index (κ2) is 5.72. The molecule has 2 fully saturated rings. The molecule has 106 valence electrons.